The molecule has 2 N–H and O–H groups in total. The Hall–Kier alpha value is -1.10. The third kappa shape index (κ3) is 3.26. The minimum atomic E-state index is -0.827. The second kappa shape index (κ2) is 5.90. The number of carboxylic acid groups (broad SMARTS) is 1. The fourth-order valence-electron chi connectivity index (χ4n) is 2.95. The molecule has 108 valence electrons. The number of carbonyl (C=O) groups is 2. The topological polar surface area (TPSA) is 75.6 Å². The van der Waals surface area contributed by atoms with Gasteiger partial charge in [0.15, 0.2) is 0 Å². The van der Waals surface area contributed by atoms with E-state index in [-0.39, 0.29) is 24.5 Å². The molecule has 1 aliphatic carbocycles. The first-order valence-corrected chi connectivity index (χ1v) is 7.20. The van der Waals surface area contributed by atoms with Gasteiger partial charge in [0.05, 0.1) is 11.5 Å². The van der Waals surface area contributed by atoms with E-state index in [0.29, 0.717) is 19.4 Å². The lowest BCUT2D eigenvalue weighted by molar-refractivity contribution is -0.157. The van der Waals surface area contributed by atoms with E-state index in [4.69, 9.17) is 4.74 Å². The summed E-state index contributed by atoms with van der Waals surface area (Å²) in [5.41, 5.74) is -0.792. The molecule has 1 saturated heterocycles. The van der Waals surface area contributed by atoms with Crippen LogP contribution in [0.5, 0.6) is 0 Å². The highest BCUT2D eigenvalue weighted by molar-refractivity contribution is 5.85. The predicted octanol–water partition coefficient (Wildman–Crippen LogP) is 1.71. The fourth-order valence-corrected chi connectivity index (χ4v) is 2.95. The van der Waals surface area contributed by atoms with Crippen molar-refractivity contribution in [3.8, 4) is 0 Å². The Kier molecular flexibility index (Phi) is 4.45. The van der Waals surface area contributed by atoms with Gasteiger partial charge in [-0.05, 0) is 32.1 Å². The predicted molar refractivity (Wildman–Crippen MR) is 69.7 cm³/mol. The van der Waals surface area contributed by atoms with Gasteiger partial charge < -0.3 is 15.2 Å². The Balaban J connectivity index is 1.82. The van der Waals surface area contributed by atoms with E-state index in [2.05, 4.69) is 12.2 Å². The smallest absolute Gasteiger partial charge is 0.310 e. The largest absolute Gasteiger partial charge is 0.481 e. The molecule has 2 aliphatic rings. The molecular formula is C14H23NO4. The molecule has 0 aromatic carbocycles. The summed E-state index contributed by atoms with van der Waals surface area (Å²) in [7, 11) is 0. The van der Waals surface area contributed by atoms with Gasteiger partial charge in [-0.1, -0.05) is 13.3 Å². The molecule has 2 atom stereocenters. The van der Waals surface area contributed by atoms with Gasteiger partial charge in [0, 0.05) is 19.1 Å². The van der Waals surface area contributed by atoms with Crippen LogP contribution in [-0.2, 0) is 14.3 Å². The van der Waals surface area contributed by atoms with Crippen LogP contribution in [0.3, 0.4) is 0 Å². The minimum Gasteiger partial charge on any atom is -0.481 e. The van der Waals surface area contributed by atoms with E-state index >= 15 is 0 Å². The van der Waals surface area contributed by atoms with Crippen molar-refractivity contribution < 1.29 is 19.4 Å². The Labute approximate surface area is 113 Å². The van der Waals surface area contributed by atoms with E-state index in [1.54, 1.807) is 0 Å². The first kappa shape index (κ1) is 14.3. The maximum atomic E-state index is 12.0. The van der Waals surface area contributed by atoms with Crippen LogP contribution in [0.15, 0.2) is 0 Å². The van der Waals surface area contributed by atoms with E-state index in [0.717, 1.165) is 25.7 Å². The van der Waals surface area contributed by atoms with Gasteiger partial charge in [-0.3, -0.25) is 9.59 Å². The average Bonchev–Trinajstić information content (AvgIpc) is 2.33. The molecule has 1 saturated carbocycles. The monoisotopic (exact) mass is 269 g/mol. The van der Waals surface area contributed by atoms with Crippen LogP contribution in [-0.4, -0.2) is 35.7 Å². The first-order chi connectivity index (χ1) is 9.05. The first-order valence-electron chi connectivity index (χ1n) is 7.20. The zero-order valence-corrected chi connectivity index (χ0v) is 11.5. The molecule has 0 bridgehead atoms. The van der Waals surface area contributed by atoms with Crippen molar-refractivity contribution in [2.24, 2.45) is 5.41 Å². The zero-order valence-electron chi connectivity index (χ0n) is 11.5. The van der Waals surface area contributed by atoms with Crippen molar-refractivity contribution in [1.29, 1.82) is 0 Å². The van der Waals surface area contributed by atoms with Crippen molar-refractivity contribution in [3.05, 3.63) is 0 Å². The molecule has 2 fully saturated rings. The molecule has 2 rings (SSSR count). The Morgan fingerprint density at radius 2 is 2.16 bits per heavy atom. The van der Waals surface area contributed by atoms with Crippen LogP contribution in [0.1, 0.15) is 51.9 Å². The van der Waals surface area contributed by atoms with Crippen LogP contribution in [0.2, 0.25) is 0 Å². The highest BCUT2D eigenvalue weighted by Gasteiger charge is 2.46. The van der Waals surface area contributed by atoms with Crippen molar-refractivity contribution in [2.45, 2.75) is 64.0 Å². The summed E-state index contributed by atoms with van der Waals surface area (Å²) in [5.74, 6) is -0.948. The number of nitrogens with one attached hydrogen (secondary N) is 1. The van der Waals surface area contributed by atoms with Gasteiger partial charge in [-0.2, -0.15) is 0 Å². The molecule has 5 nitrogen and oxygen atoms in total. The second-order valence-electron chi connectivity index (χ2n) is 5.81. The fraction of sp³-hybridized carbons (Fsp3) is 0.857. The quantitative estimate of drug-likeness (QED) is 0.796. The molecule has 0 aromatic heterocycles. The Bertz CT molecular complexity index is 351. The summed E-state index contributed by atoms with van der Waals surface area (Å²) in [6.07, 6.45) is 5.11. The number of carboxylic acids is 1. The molecule has 1 aliphatic heterocycles. The van der Waals surface area contributed by atoms with Crippen LogP contribution >= 0.6 is 0 Å². The summed E-state index contributed by atoms with van der Waals surface area (Å²) in [5, 5.41) is 12.2. The van der Waals surface area contributed by atoms with Gasteiger partial charge in [0.25, 0.3) is 0 Å². The molecule has 2 unspecified atom stereocenters. The van der Waals surface area contributed by atoms with Crippen LogP contribution in [0.25, 0.3) is 0 Å². The van der Waals surface area contributed by atoms with Crippen molar-refractivity contribution in [2.75, 3.05) is 6.61 Å². The SMILES string of the molecule is CCC1CC(NC(=O)CC2(C(=O)O)CCC2)CCO1. The minimum absolute atomic E-state index is 0.121. The van der Waals surface area contributed by atoms with Crippen LogP contribution in [0.4, 0.5) is 0 Å². The summed E-state index contributed by atoms with van der Waals surface area (Å²) >= 11 is 0. The lowest BCUT2D eigenvalue weighted by Gasteiger charge is -2.37. The van der Waals surface area contributed by atoms with Gasteiger partial charge >= 0.3 is 5.97 Å². The highest BCUT2D eigenvalue weighted by atomic mass is 16.5. The Morgan fingerprint density at radius 3 is 2.68 bits per heavy atom. The van der Waals surface area contributed by atoms with E-state index in [1.807, 2.05) is 0 Å². The molecule has 1 amide bonds. The number of hydrogen-bond donors (Lipinski definition) is 2. The summed E-state index contributed by atoms with van der Waals surface area (Å²) in [6, 6.07) is 0.136. The Morgan fingerprint density at radius 1 is 1.42 bits per heavy atom. The van der Waals surface area contributed by atoms with Gasteiger partial charge in [0.1, 0.15) is 0 Å². The van der Waals surface area contributed by atoms with Crippen molar-refractivity contribution >= 4 is 11.9 Å². The molecule has 1 heterocycles. The van der Waals surface area contributed by atoms with Crippen LogP contribution in [0, 0.1) is 5.41 Å². The maximum Gasteiger partial charge on any atom is 0.310 e. The zero-order chi connectivity index (χ0) is 13.9. The number of hydrogen-bond acceptors (Lipinski definition) is 3. The van der Waals surface area contributed by atoms with Crippen molar-refractivity contribution in [1.82, 2.24) is 5.32 Å². The normalized spacial score (nSPS) is 29.3. The number of amides is 1. The number of aliphatic carboxylic acids is 1. The second-order valence-corrected chi connectivity index (χ2v) is 5.81. The lowest BCUT2D eigenvalue weighted by atomic mass is 9.66. The number of carbonyl (C=O) groups excluding carboxylic acids is 1. The molecule has 0 radical (unpaired) electrons. The molecule has 0 spiro atoms. The summed E-state index contributed by atoms with van der Waals surface area (Å²) < 4.78 is 5.56. The number of ether oxygens (including phenoxy) is 1. The van der Waals surface area contributed by atoms with Crippen molar-refractivity contribution in [3.63, 3.8) is 0 Å². The van der Waals surface area contributed by atoms with Gasteiger partial charge in [0.2, 0.25) is 5.91 Å². The third-order valence-corrected chi connectivity index (χ3v) is 4.45. The average molecular weight is 269 g/mol. The van der Waals surface area contributed by atoms with E-state index < -0.39 is 11.4 Å². The van der Waals surface area contributed by atoms with Gasteiger partial charge in [-0.15, -0.1) is 0 Å². The van der Waals surface area contributed by atoms with Crippen LogP contribution < -0.4 is 5.32 Å². The van der Waals surface area contributed by atoms with E-state index in [1.165, 1.54) is 0 Å². The molecule has 19 heavy (non-hydrogen) atoms. The number of rotatable bonds is 5. The summed E-state index contributed by atoms with van der Waals surface area (Å²) in [4.78, 5) is 23.2. The molecule has 5 heteroatoms. The highest BCUT2D eigenvalue weighted by Crippen LogP contribution is 2.44. The summed E-state index contributed by atoms with van der Waals surface area (Å²) in [6.45, 7) is 2.75. The van der Waals surface area contributed by atoms with Gasteiger partial charge in [-0.25, -0.2) is 0 Å². The standard InChI is InChI=1S/C14H23NO4/c1-2-11-8-10(4-7-19-11)15-12(16)9-14(13(17)18)5-3-6-14/h10-11H,2-9H2,1H3,(H,15,16)(H,17,18). The maximum absolute atomic E-state index is 12.0. The van der Waals surface area contributed by atoms with E-state index in [9.17, 15) is 14.7 Å². The lowest BCUT2D eigenvalue weighted by Crippen LogP contribution is -2.46. The third-order valence-electron chi connectivity index (χ3n) is 4.45. The molecular weight excluding hydrogens is 246 g/mol. The molecule has 0 aromatic rings.